The molecular formula is C22H28N4O3. The molecular weight excluding hydrogens is 368 g/mol. The number of ether oxygens (including phenoxy) is 1. The largest absolute Gasteiger partial charge is 0.450 e. The first-order valence-electron chi connectivity index (χ1n) is 10.0. The number of rotatable bonds is 6. The molecule has 1 aromatic carbocycles. The molecule has 1 aromatic heterocycles. The third-order valence-electron chi connectivity index (χ3n) is 4.97. The van der Waals surface area contributed by atoms with E-state index in [1.54, 1.807) is 17.2 Å². The number of nitrogens with zero attached hydrogens (tertiary/aromatic N) is 2. The Balaban J connectivity index is 1.45. The zero-order valence-electron chi connectivity index (χ0n) is 17.0. The van der Waals surface area contributed by atoms with Crippen molar-refractivity contribution in [3.05, 3.63) is 59.3 Å². The predicted molar refractivity (Wildman–Crippen MR) is 112 cm³/mol. The monoisotopic (exact) mass is 396 g/mol. The molecule has 0 aliphatic carbocycles. The zero-order chi connectivity index (χ0) is 20.6. The molecule has 2 N–H and O–H groups in total. The van der Waals surface area contributed by atoms with Crippen LogP contribution in [-0.2, 0) is 11.3 Å². The Morgan fingerprint density at radius 1 is 1.14 bits per heavy atom. The van der Waals surface area contributed by atoms with Crippen molar-refractivity contribution in [2.75, 3.05) is 25.0 Å². The lowest BCUT2D eigenvalue weighted by Crippen LogP contribution is -2.42. The fourth-order valence-corrected chi connectivity index (χ4v) is 3.23. The maximum absolute atomic E-state index is 12.3. The van der Waals surface area contributed by atoms with Crippen molar-refractivity contribution in [1.29, 1.82) is 0 Å². The van der Waals surface area contributed by atoms with Crippen LogP contribution in [0.5, 0.6) is 0 Å². The second-order valence-corrected chi connectivity index (χ2v) is 7.20. The number of nitrogens with one attached hydrogen (secondary N) is 2. The highest BCUT2D eigenvalue weighted by atomic mass is 16.6. The number of amides is 2. The minimum Gasteiger partial charge on any atom is -0.450 e. The van der Waals surface area contributed by atoms with Crippen LogP contribution >= 0.6 is 0 Å². The Bertz CT molecular complexity index is 813. The van der Waals surface area contributed by atoms with Gasteiger partial charge in [0.25, 0.3) is 5.91 Å². The number of piperidine rings is 1. The molecule has 0 spiro atoms. The molecule has 2 aromatic rings. The molecule has 2 amide bonds. The van der Waals surface area contributed by atoms with Crippen molar-refractivity contribution in [2.24, 2.45) is 0 Å². The van der Waals surface area contributed by atoms with Gasteiger partial charge in [-0.25, -0.2) is 9.78 Å². The van der Waals surface area contributed by atoms with Crippen molar-refractivity contribution in [3.63, 3.8) is 0 Å². The van der Waals surface area contributed by atoms with E-state index in [1.807, 2.05) is 44.2 Å². The van der Waals surface area contributed by atoms with Gasteiger partial charge in [0.2, 0.25) is 0 Å². The van der Waals surface area contributed by atoms with E-state index in [2.05, 4.69) is 15.6 Å². The first-order valence-corrected chi connectivity index (χ1v) is 10.0. The predicted octanol–water partition coefficient (Wildman–Crippen LogP) is 3.35. The highest BCUT2D eigenvalue weighted by Gasteiger charge is 2.23. The summed E-state index contributed by atoms with van der Waals surface area (Å²) in [4.78, 5) is 30.2. The van der Waals surface area contributed by atoms with Gasteiger partial charge >= 0.3 is 6.09 Å². The molecule has 154 valence electrons. The van der Waals surface area contributed by atoms with E-state index in [1.165, 1.54) is 5.56 Å². The van der Waals surface area contributed by atoms with Crippen LogP contribution in [-0.4, -0.2) is 47.6 Å². The maximum Gasteiger partial charge on any atom is 0.409 e. The molecule has 0 radical (unpaired) electrons. The van der Waals surface area contributed by atoms with Crippen LogP contribution in [0, 0.1) is 6.92 Å². The summed E-state index contributed by atoms with van der Waals surface area (Å²) >= 11 is 0. The van der Waals surface area contributed by atoms with Gasteiger partial charge < -0.3 is 20.3 Å². The summed E-state index contributed by atoms with van der Waals surface area (Å²) < 4.78 is 5.04. The highest BCUT2D eigenvalue weighted by Crippen LogP contribution is 2.16. The van der Waals surface area contributed by atoms with Crippen molar-refractivity contribution < 1.29 is 14.3 Å². The summed E-state index contributed by atoms with van der Waals surface area (Å²) in [5.41, 5.74) is 2.78. The number of likely N-dealkylation sites (tertiary alicyclic amines) is 1. The lowest BCUT2D eigenvalue weighted by molar-refractivity contribution is 0.0949. The Morgan fingerprint density at radius 3 is 2.48 bits per heavy atom. The van der Waals surface area contributed by atoms with Crippen LogP contribution < -0.4 is 10.6 Å². The Morgan fingerprint density at radius 2 is 1.86 bits per heavy atom. The lowest BCUT2D eigenvalue weighted by atomic mass is 10.1. The number of anilines is 1. The number of hydrogen-bond acceptors (Lipinski definition) is 5. The molecule has 29 heavy (non-hydrogen) atoms. The number of pyridine rings is 1. The van der Waals surface area contributed by atoms with E-state index in [0.717, 1.165) is 24.2 Å². The van der Waals surface area contributed by atoms with Crippen LogP contribution in [0.2, 0.25) is 0 Å². The third kappa shape index (κ3) is 5.94. The fourth-order valence-electron chi connectivity index (χ4n) is 3.23. The molecule has 7 nitrogen and oxygen atoms in total. The topological polar surface area (TPSA) is 83.6 Å². The average molecular weight is 396 g/mol. The summed E-state index contributed by atoms with van der Waals surface area (Å²) in [5.74, 6) is 0.585. The van der Waals surface area contributed by atoms with Gasteiger partial charge in [-0.1, -0.05) is 29.8 Å². The Labute approximate surface area is 171 Å². The molecule has 1 aliphatic heterocycles. The van der Waals surface area contributed by atoms with Gasteiger partial charge in [-0.05, 0) is 44.4 Å². The molecule has 7 heteroatoms. The molecule has 0 atom stereocenters. The molecule has 0 saturated carbocycles. The van der Waals surface area contributed by atoms with Gasteiger partial charge in [0.05, 0.1) is 12.2 Å². The van der Waals surface area contributed by atoms with Crippen LogP contribution in [0.25, 0.3) is 0 Å². The van der Waals surface area contributed by atoms with E-state index in [-0.39, 0.29) is 18.0 Å². The van der Waals surface area contributed by atoms with Crippen molar-refractivity contribution in [1.82, 2.24) is 15.2 Å². The van der Waals surface area contributed by atoms with E-state index < -0.39 is 0 Å². The van der Waals surface area contributed by atoms with Crippen LogP contribution in [0.15, 0.2) is 42.6 Å². The minimum absolute atomic E-state index is 0.146. The molecule has 0 unspecified atom stereocenters. The van der Waals surface area contributed by atoms with Gasteiger partial charge in [0, 0.05) is 31.9 Å². The third-order valence-corrected chi connectivity index (χ3v) is 4.97. The van der Waals surface area contributed by atoms with Crippen molar-refractivity contribution in [3.8, 4) is 0 Å². The van der Waals surface area contributed by atoms with Gasteiger partial charge in [-0.2, -0.15) is 0 Å². The molecule has 1 fully saturated rings. The lowest BCUT2D eigenvalue weighted by Gasteiger charge is -2.31. The van der Waals surface area contributed by atoms with Crippen LogP contribution in [0.1, 0.15) is 41.3 Å². The van der Waals surface area contributed by atoms with E-state index >= 15 is 0 Å². The summed E-state index contributed by atoms with van der Waals surface area (Å²) in [5, 5.41) is 6.29. The van der Waals surface area contributed by atoms with Gasteiger partial charge in [-0.15, -0.1) is 0 Å². The Kier molecular flexibility index (Phi) is 7.05. The number of carbonyl (C=O) groups excluding carboxylic acids is 2. The zero-order valence-corrected chi connectivity index (χ0v) is 17.0. The summed E-state index contributed by atoms with van der Waals surface area (Å²) in [6, 6.07) is 11.9. The van der Waals surface area contributed by atoms with Crippen LogP contribution in [0.3, 0.4) is 0 Å². The molecule has 1 saturated heterocycles. The van der Waals surface area contributed by atoms with Crippen molar-refractivity contribution >= 4 is 17.8 Å². The molecule has 0 bridgehead atoms. The highest BCUT2D eigenvalue weighted by molar-refractivity contribution is 5.94. The normalized spacial score (nSPS) is 14.3. The number of hydrogen-bond donors (Lipinski definition) is 2. The van der Waals surface area contributed by atoms with Gasteiger partial charge in [-0.3, -0.25) is 4.79 Å². The van der Waals surface area contributed by atoms with Crippen LogP contribution in [0.4, 0.5) is 10.6 Å². The average Bonchev–Trinajstić information content (AvgIpc) is 2.74. The first-order chi connectivity index (χ1) is 14.0. The number of aryl methyl sites for hydroxylation is 1. The van der Waals surface area contributed by atoms with Gasteiger partial charge in [0.1, 0.15) is 5.82 Å². The van der Waals surface area contributed by atoms with E-state index in [0.29, 0.717) is 31.8 Å². The van der Waals surface area contributed by atoms with E-state index in [9.17, 15) is 9.59 Å². The fraction of sp³-hybridized carbons (Fsp3) is 0.409. The second-order valence-electron chi connectivity index (χ2n) is 7.20. The molecule has 1 aliphatic rings. The molecule has 2 heterocycles. The Hall–Kier alpha value is -3.09. The minimum atomic E-state index is -0.245. The smallest absolute Gasteiger partial charge is 0.409 e. The number of carbonyl (C=O) groups is 2. The maximum atomic E-state index is 12.3. The first kappa shape index (κ1) is 20.6. The van der Waals surface area contributed by atoms with E-state index in [4.69, 9.17) is 4.74 Å². The standard InChI is InChI=1S/C22H28N4O3/c1-3-29-22(28)26-12-10-19(11-13-26)25-20-9-8-18(15-23-20)21(27)24-14-17-6-4-16(2)5-7-17/h4-9,15,19H,3,10-14H2,1-2H3,(H,23,25)(H,24,27). The SMILES string of the molecule is CCOC(=O)N1CCC(Nc2ccc(C(=O)NCc3ccc(C)cc3)cn2)CC1. The number of benzene rings is 1. The van der Waals surface area contributed by atoms with Gasteiger partial charge in [0.15, 0.2) is 0 Å². The van der Waals surface area contributed by atoms with Crippen molar-refractivity contribution in [2.45, 2.75) is 39.3 Å². The second kappa shape index (κ2) is 9.91. The number of aromatic nitrogens is 1. The summed E-state index contributed by atoms with van der Waals surface area (Å²) in [6.45, 7) is 6.05. The molecule has 3 rings (SSSR count). The summed E-state index contributed by atoms with van der Waals surface area (Å²) in [7, 11) is 0. The summed E-state index contributed by atoms with van der Waals surface area (Å²) in [6.07, 6.45) is 3.00. The quantitative estimate of drug-likeness (QED) is 0.782.